The molecule has 18 heavy (non-hydrogen) atoms. The van der Waals surface area contributed by atoms with Crippen molar-refractivity contribution in [3.8, 4) is 0 Å². The summed E-state index contributed by atoms with van der Waals surface area (Å²) in [5.74, 6) is -0.309. The van der Waals surface area contributed by atoms with Gasteiger partial charge >= 0.3 is 0 Å². The van der Waals surface area contributed by atoms with Gasteiger partial charge in [-0.05, 0) is 36.8 Å². The molecule has 1 atom stereocenters. The van der Waals surface area contributed by atoms with Gasteiger partial charge in [0.1, 0.15) is 10.8 Å². The highest BCUT2D eigenvalue weighted by Crippen LogP contribution is 2.33. The maximum absolute atomic E-state index is 13.9. The molecule has 2 N–H and O–H groups in total. The zero-order chi connectivity index (χ0) is 13.1. The van der Waals surface area contributed by atoms with E-state index in [1.165, 1.54) is 17.8 Å². The average Bonchev–Trinajstić information content (AvgIpc) is 2.34. The van der Waals surface area contributed by atoms with Crippen molar-refractivity contribution in [2.24, 2.45) is 5.73 Å². The summed E-state index contributed by atoms with van der Waals surface area (Å²) in [6.07, 6.45) is 1.63. The number of hydrogen-bond donors (Lipinski definition) is 1. The predicted molar refractivity (Wildman–Crippen MR) is 72.4 cm³/mol. The molecule has 2 nitrogen and oxygen atoms in total. The molecule has 0 radical (unpaired) electrons. The lowest BCUT2D eigenvalue weighted by Gasteiger charge is -2.08. The van der Waals surface area contributed by atoms with E-state index in [9.17, 15) is 4.39 Å². The molecule has 1 heterocycles. The van der Waals surface area contributed by atoms with Crippen LogP contribution in [0.2, 0.25) is 5.02 Å². The van der Waals surface area contributed by atoms with E-state index in [0.29, 0.717) is 14.9 Å². The second kappa shape index (κ2) is 5.69. The van der Waals surface area contributed by atoms with Crippen LogP contribution in [-0.4, -0.2) is 4.98 Å². The quantitative estimate of drug-likeness (QED) is 0.923. The topological polar surface area (TPSA) is 38.9 Å². The normalized spacial score (nSPS) is 12.4. The van der Waals surface area contributed by atoms with Gasteiger partial charge in [0.2, 0.25) is 0 Å². The first kappa shape index (κ1) is 13.3. The first-order valence-corrected chi connectivity index (χ1v) is 6.61. The molecule has 5 heteroatoms. The molecule has 0 aliphatic heterocycles. The number of aromatic nitrogens is 1. The smallest absolute Gasteiger partial charge is 0.137 e. The Morgan fingerprint density at radius 3 is 2.78 bits per heavy atom. The summed E-state index contributed by atoms with van der Waals surface area (Å²) in [6.45, 7) is 1.82. The molecule has 0 fully saturated rings. The van der Waals surface area contributed by atoms with Crippen LogP contribution in [0.1, 0.15) is 18.5 Å². The Labute approximate surface area is 114 Å². The van der Waals surface area contributed by atoms with Gasteiger partial charge in [0.15, 0.2) is 0 Å². The lowest BCUT2D eigenvalue weighted by Crippen LogP contribution is -2.05. The van der Waals surface area contributed by atoms with E-state index < -0.39 is 0 Å². The maximum atomic E-state index is 13.9. The molecule has 0 saturated heterocycles. The number of halogens is 2. The molecule has 0 aliphatic rings. The van der Waals surface area contributed by atoms with Crippen LogP contribution in [0.25, 0.3) is 0 Å². The lowest BCUT2D eigenvalue weighted by molar-refractivity contribution is 0.596. The second-order valence-corrected chi connectivity index (χ2v) is 5.31. The van der Waals surface area contributed by atoms with Gasteiger partial charge in [-0.2, -0.15) is 0 Å². The van der Waals surface area contributed by atoms with Gasteiger partial charge in [-0.25, -0.2) is 9.37 Å². The van der Waals surface area contributed by atoms with Gasteiger partial charge in [0.25, 0.3) is 0 Å². The number of hydrogen-bond acceptors (Lipinski definition) is 3. The van der Waals surface area contributed by atoms with E-state index in [-0.39, 0.29) is 11.9 Å². The van der Waals surface area contributed by atoms with E-state index in [1.807, 2.05) is 13.0 Å². The van der Waals surface area contributed by atoms with Crippen LogP contribution in [0, 0.1) is 5.82 Å². The monoisotopic (exact) mass is 282 g/mol. The van der Waals surface area contributed by atoms with Crippen molar-refractivity contribution < 1.29 is 4.39 Å². The highest BCUT2D eigenvalue weighted by Gasteiger charge is 2.10. The molecule has 0 spiro atoms. The van der Waals surface area contributed by atoms with E-state index in [2.05, 4.69) is 4.98 Å². The van der Waals surface area contributed by atoms with Crippen LogP contribution in [-0.2, 0) is 0 Å². The van der Waals surface area contributed by atoms with Crippen LogP contribution < -0.4 is 5.73 Å². The number of nitrogens with two attached hydrogens (primary N) is 1. The molecule has 94 valence electrons. The van der Waals surface area contributed by atoms with Crippen molar-refractivity contribution in [1.29, 1.82) is 0 Å². The second-order valence-electron chi connectivity index (χ2n) is 3.87. The molecule has 1 aromatic carbocycles. The molecular weight excluding hydrogens is 271 g/mol. The molecule has 0 unspecified atom stereocenters. The SMILES string of the molecule is C[C@H](N)c1ccc(Sc2ncccc2Cl)c(F)c1. The van der Waals surface area contributed by atoms with Crippen LogP contribution in [0.4, 0.5) is 4.39 Å². The lowest BCUT2D eigenvalue weighted by atomic mass is 10.1. The van der Waals surface area contributed by atoms with Gasteiger partial charge < -0.3 is 5.73 Å². The molecule has 2 aromatic rings. The van der Waals surface area contributed by atoms with E-state index in [1.54, 1.807) is 24.4 Å². The van der Waals surface area contributed by atoms with E-state index in [4.69, 9.17) is 17.3 Å². The minimum Gasteiger partial charge on any atom is -0.324 e. The zero-order valence-electron chi connectivity index (χ0n) is 9.73. The standard InChI is InChI=1S/C13H12ClFN2S/c1-8(16)9-4-5-12(11(15)7-9)18-13-10(14)3-2-6-17-13/h2-8H,16H2,1H3/t8-/m0/s1. The Balaban J connectivity index is 2.28. The van der Waals surface area contributed by atoms with Crippen LogP contribution >= 0.6 is 23.4 Å². The van der Waals surface area contributed by atoms with Crippen molar-refractivity contribution in [1.82, 2.24) is 4.98 Å². The molecular formula is C13H12ClFN2S. The number of rotatable bonds is 3. The van der Waals surface area contributed by atoms with Gasteiger partial charge in [-0.15, -0.1) is 0 Å². The summed E-state index contributed by atoms with van der Waals surface area (Å²) in [6, 6.07) is 8.24. The van der Waals surface area contributed by atoms with Crippen molar-refractivity contribution >= 4 is 23.4 Å². The summed E-state index contributed by atoms with van der Waals surface area (Å²) >= 11 is 7.18. The maximum Gasteiger partial charge on any atom is 0.137 e. The minimum atomic E-state index is -0.309. The Morgan fingerprint density at radius 1 is 1.39 bits per heavy atom. The summed E-state index contributed by atoms with van der Waals surface area (Å²) in [5.41, 5.74) is 6.47. The minimum absolute atomic E-state index is 0.183. The summed E-state index contributed by atoms with van der Waals surface area (Å²) < 4.78 is 13.9. The fourth-order valence-corrected chi connectivity index (χ4v) is 2.45. The van der Waals surface area contributed by atoms with Crippen molar-refractivity contribution in [3.63, 3.8) is 0 Å². The molecule has 0 amide bonds. The summed E-state index contributed by atoms with van der Waals surface area (Å²) in [7, 11) is 0. The first-order chi connectivity index (χ1) is 8.58. The predicted octanol–water partition coefficient (Wildman–Crippen LogP) is 4.05. The van der Waals surface area contributed by atoms with Gasteiger partial charge in [0, 0.05) is 17.1 Å². The molecule has 0 bridgehead atoms. The van der Waals surface area contributed by atoms with Gasteiger partial charge in [-0.3, -0.25) is 0 Å². The van der Waals surface area contributed by atoms with Crippen LogP contribution in [0.5, 0.6) is 0 Å². The number of benzene rings is 1. The number of pyridine rings is 1. The van der Waals surface area contributed by atoms with Crippen LogP contribution in [0.15, 0.2) is 46.5 Å². The van der Waals surface area contributed by atoms with Crippen molar-refractivity contribution in [2.45, 2.75) is 22.9 Å². The third-order valence-corrected chi connectivity index (χ3v) is 3.90. The molecule has 0 aliphatic carbocycles. The Hall–Kier alpha value is -1.10. The fraction of sp³-hybridized carbons (Fsp3) is 0.154. The molecule has 2 rings (SSSR count). The van der Waals surface area contributed by atoms with Gasteiger partial charge in [-0.1, -0.05) is 29.4 Å². The average molecular weight is 283 g/mol. The highest BCUT2D eigenvalue weighted by atomic mass is 35.5. The number of nitrogens with zero attached hydrogens (tertiary/aromatic N) is 1. The summed E-state index contributed by atoms with van der Waals surface area (Å²) in [4.78, 5) is 4.60. The summed E-state index contributed by atoms with van der Waals surface area (Å²) in [5, 5.41) is 1.10. The van der Waals surface area contributed by atoms with Gasteiger partial charge in [0.05, 0.1) is 5.02 Å². The largest absolute Gasteiger partial charge is 0.324 e. The zero-order valence-corrected chi connectivity index (χ0v) is 11.3. The van der Waals surface area contributed by atoms with E-state index in [0.717, 1.165) is 5.56 Å². The molecule has 1 aromatic heterocycles. The van der Waals surface area contributed by atoms with Crippen LogP contribution in [0.3, 0.4) is 0 Å². The highest BCUT2D eigenvalue weighted by molar-refractivity contribution is 7.99. The first-order valence-electron chi connectivity index (χ1n) is 5.41. The van der Waals surface area contributed by atoms with Crippen molar-refractivity contribution in [3.05, 3.63) is 52.9 Å². The van der Waals surface area contributed by atoms with E-state index >= 15 is 0 Å². The Morgan fingerprint density at radius 2 is 2.17 bits per heavy atom. The Kier molecular flexibility index (Phi) is 4.22. The Bertz CT molecular complexity index is 560. The van der Waals surface area contributed by atoms with Crippen molar-refractivity contribution in [2.75, 3.05) is 0 Å². The molecule has 0 saturated carbocycles. The third-order valence-electron chi connectivity index (χ3n) is 2.41. The fourth-order valence-electron chi connectivity index (χ4n) is 1.43. The third kappa shape index (κ3) is 3.02.